The molecule has 0 aromatic heterocycles. The summed E-state index contributed by atoms with van der Waals surface area (Å²) >= 11 is 0. The predicted molar refractivity (Wildman–Crippen MR) is 104 cm³/mol. The molecule has 0 radical (unpaired) electrons. The molecule has 1 amide bonds. The van der Waals surface area contributed by atoms with E-state index in [2.05, 4.69) is 20.9 Å². The molecule has 1 saturated carbocycles. The number of halogens is 2. The van der Waals surface area contributed by atoms with E-state index in [0.29, 0.717) is 24.5 Å². The van der Waals surface area contributed by atoms with Gasteiger partial charge >= 0.3 is 0 Å². The monoisotopic (exact) mass is 380 g/mol. The van der Waals surface area contributed by atoms with E-state index in [1.165, 1.54) is 12.1 Å². The fourth-order valence-electron chi connectivity index (χ4n) is 3.39. The van der Waals surface area contributed by atoms with Gasteiger partial charge in [-0.3, -0.25) is 9.79 Å². The molecule has 1 aliphatic rings. The summed E-state index contributed by atoms with van der Waals surface area (Å²) in [6.45, 7) is 4.41. The second-order valence-electron chi connectivity index (χ2n) is 7.35. The molecule has 0 saturated heterocycles. The average Bonchev–Trinajstić information content (AvgIpc) is 2.62. The summed E-state index contributed by atoms with van der Waals surface area (Å²) in [7, 11) is 1.68. The molecule has 1 aliphatic carbocycles. The predicted octanol–water partition coefficient (Wildman–Crippen LogP) is 2.76. The van der Waals surface area contributed by atoms with Crippen LogP contribution in [0.1, 0.15) is 45.1 Å². The first-order valence-corrected chi connectivity index (χ1v) is 9.60. The summed E-state index contributed by atoms with van der Waals surface area (Å²) in [4.78, 5) is 16.5. The van der Waals surface area contributed by atoms with Gasteiger partial charge in [-0.05, 0) is 51.2 Å². The molecule has 27 heavy (non-hydrogen) atoms. The highest BCUT2D eigenvalue weighted by Crippen LogP contribution is 2.24. The molecule has 0 heterocycles. The maximum Gasteiger partial charge on any atom is 0.223 e. The van der Waals surface area contributed by atoms with Crippen LogP contribution in [0.2, 0.25) is 0 Å². The number of benzene rings is 1. The molecule has 3 N–H and O–H groups in total. The van der Waals surface area contributed by atoms with Crippen molar-refractivity contribution >= 4 is 11.9 Å². The van der Waals surface area contributed by atoms with Gasteiger partial charge in [0, 0.05) is 37.7 Å². The number of carbonyl (C=O) groups excluding carboxylic acids is 1. The Morgan fingerprint density at radius 2 is 2.07 bits per heavy atom. The van der Waals surface area contributed by atoms with Gasteiger partial charge in [-0.2, -0.15) is 0 Å². The molecule has 150 valence electrons. The summed E-state index contributed by atoms with van der Waals surface area (Å²) < 4.78 is 26.6. The van der Waals surface area contributed by atoms with Crippen LogP contribution in [0.4, 0.5) is 8.78 Å². The van der Waals surface area contributed by atoms with Gasteiger partial charge in [0.2, 0.25) is 5.91 Å². The fraction of sp³-hybridized carbons (Fsp3) is 0.600. The normalized spacial score (nSPS) is 20.4. The van der Waals surface area contributed by atoms with Crippen LogP contribution in [0.3, 0.4) is 0 Å². The summed E-state index contributed by atoms with van der Waals surface area (Å²) in [5.41, 5.74) is 0.461. The minimum absolute atomic E-state index is 0.0186. The zero-order chi connectivity index (χ0) is 19.8. The second-order valence-corrected chi connectivity index (χ2v) is 7.35. The number of guanidine groups is 1. The first-order chi connectivity index (χ1) is 12.9. The summed E-state index contributed by atoms with van der Waals surface area (Å²) in [5.74, 6) is -0.343. The van der Waals surface area contributed by atoms with Gasteiger partial charge in [-0.15, -0.1) is 0 Å². The van der Waals surface area contributed by atoms with Gasteiger partial charge in [0.15, 0.2) is 5.96 Å². The van der Waals surface area contributed by atoms with Gasteiger partial charge < -0.3 is 16.0 Å². The Labute approximate surface area is 160 Å². The van der Waals surface area contributed by atoms with Crippen molar-refractivity contribution in [2.45, 2.75) is 58.0 Å². The molecule has 0 aliphatic heterocycles. The molecule has 2 unspecified atom stereocenters. The molecular formula is C20H30F2N4O. The van der Waals surface area contributed by atoms with E-state index in [1.807, 2.05) is 13.8 Å². The number of aliphatic imine (C=N–C) groups is 1. The largest absolute Gasteiger partial charge is 0.356 e. The molecule has 1 aromatic carbocycles. The first kappa shape index (κ1) is 21.1. The summed E-state index contributed by atoms with van der Waals surface area (Å²) in [5, 5.41) is 9.51. The first-order valence-electron chi connectivity index (χ1n) is 9.60. The van der Waals surface area contributed by atoms with Crippen molar-refractivity contribution in [3.8, 4) is 0 Å². The van der Waals surface area contributed by atoms with Gasteiger partial charge in [0.1, 0.15) is 11.6 Å². The lowest BCUT2D eigenvalue weighted by atomic mass is 9.85. The van der Waals surface area contributed by atoms with E-state index < -0.39 is 11.6 Å². The van der Waals surface area contributed by atoms with Crippen LogP contribution in [-0.4, -0.2) is 37.5 Å². The zero-order valence-electron chi connectivity index (χ0n) is 16.3. The highest BCUT2D eigenvalue weighted by molar-refractivity contribution is 5.81. The molecule has 7 heteroatoms. The van der Waals surface area contributed by atoms with Crippen LogP contribution in [0, 0.1) is 17.6 Å². The molecule has 2 atom stereocenters. The van der Waals surface area contributed by atoms with Crippen LogP contribution in [0.25, 0.3) is 0 Å². The molecular weight excluding hydrogens is 350 g/mol. The Bertz CT molecular complexity index is 663. The second kappa shape index (κ2) is 10.2. The number of nitrogens with zero attached hydrogens (tertiary/aromatic N) is 1. The lowest BCUT2D eigenvalue weighted by molar-refractivity contribution is -0.126. The Morgan fingerprint density at radius 1 is 1.30 bits per heavy atom. The lowest BCUT2D eigenvalue weighted by Gasteiger charge is -2.30. The summed E-state index contributed by atoms with van der Waals surface area (Å²) in [6.07, 6.45) is 4.08. The standard InChI is InChI=1S/C20H30F2N4O/c1-13(2)25-19(27)15-5-4-6-17(11-15)26-20(23-3)24-10-9-14-7-8-16(21)12-18(14)22/h7-8,12-13,15,17H,4-6,9-11H2,1-3H3,(H,25,27)(H2,23,24,26). The van der Waals surface area contributed by atoms with Crippen molar-refractivity contribution in [3.63, 3.8) is 0 Å². The van der Waals surface area contributed by atoms with Crippen LogP contribution in [-0.2, 0) is 11.2 Å². The quantitative estimate of drug-likeness (QED) is 0.525. The Morgan fingerprint density at radius 3 is 2.74 bits per heavy atom. The molecule has 5 nitrogen and oxygen atoms in total. The zero-order valence-corrected chi connectivity index (χ0v) is 16.3. The Kier molecular flexibility index (Phi) is 8.00. The number of carbonyl (C=O) groups is 1. The molecule has 1 fully saturated rings. The minimum Gasteiger partial charge on any atom is -0.356 e. The molecule has 0 spiro atoms. The SMILES string of the molecule is CN=C(NCCc1ccc(F)cc1F)NC1CCCC(C(=O)NC(C)C)C1. The van der Waals surface area contributed by atoms with E-state index in [9.17, 15) is 13.6 Å². The van der Waals surface area contributed by atoms with Gasteiger partial charge in [-0.25, -0.2) is 8.78 Å². The fourth-order valence-corrected chi connectivity index (χ4v) is 3.39. The highest BCUT2D eigenvalue weighted by atomic mass is 19.1. The van der Waals surface area contributed by atoms with Crippen LogP contribution >= 0.6 is 0 Å². The van der Waals surface area contributed by atoms with Crippen LogP contribution in [0.15, 0.2) is 23.2 Å². The van der Waals surface area contributed by atoms with Crippen LogP contribution in [0.5, 0.6) is 0 Å². The number of nitrogens with one attached hydrogen (secondary N) is 3. The lowest BCUT2D eigenvalue weighted by Crippen LogP contribution is -2.47. The van der Waals surface area contributed by atoms with E-state index in [1.54, 1.807) is 7.05 Å². The van der Waals surface area contributed by atoms with Crippen molar-refractivity contribution in [1.82, 2.24) is 16.0 Å². The van der Waals surface area contributed by atoms with Crippen LogP contribution < -0.4 is 16.0 Å². The minimum atomic E-state index is -0.574. The van der Waals surface area contributed by atoms with Gasteiger partial charge in [0.25, 0.3) is 0 Å². The summed E-state index contributed by atoms with van der Waals surface area (Å²) in [6, 6.07) is 3.94. The third-order valence-corrected chi connectivity index (χ3v) is 4.74. The van der Waals surface area contributed by atoms with E-state index in [4.69, 9.17) is 0 Å². The maximum atomic E-state index is 13.7. The number of amides is 1. The van der Waals surface area contributed by atoms with Gasteiger partial charge in [0.05, 0.1) is 0 Å². The van der Waals surface area contributed by atoms with Crippen molar-refractivity contribution in [2.24, 2.45) is 10.9 Å². The van der Waals surface area contributed by atoms with E-state index >= 15 is 0 Å². The third-order valence-electron chi connectivity index (χ3n) is 4.74. The Balaban J connectivity index is 1.81. The maximum absolute atomic E-state index is 13.7. The van der Waals surface area contributed by atoms with Gasteiger partial charge in [-0.1, -0.05) is 12.5 Å². The molecule has 2 rings (SSSR count). The van der Waals surface area contributed by atoms with E-state index in [-0.39, 0.29) is 23.9 Å². The molecule has 0 bridgehead atoms. The van der Waals surface area contributed by atoms with E-state index in [0.717, 1.165) is 31.7 Å². The van der Waals surface area contributed by atoms with Crippen molar-refractivity contribution in [3.05, 3.63) is 35.4 Å². The Hall–Kier alpha value is -2.18. The number of hydrogen-bond donors (Lipinski definition) is 3. The average molecular weight is 380 g/mol. The number of rotatable bonds is 6. The third kappa shape index (κ3) is 6.81. The van der Waals surface area contributed by atoms with Crippen molar-refractivity contribution in [1.29, 1.82) is 0 Å². The highest BCUT2D eigenvalue weighted by Gasteiger charge is 2.27. The molecule has 1 aromatic rings. The number of hydrogen-bond acceptors (Lipinski definition) is 2. The smallest absolute Gasteiger partial charge is 0.223 e. The topological polar surface area (TPSA) is 65.5 Å². The van der Waals surface area contributed by atoms with Crippen molar-refractivity contribution in [2.75, 3.05) is 13.6 Å². The van der Waals surface area contributed by atoms with Crippen molar-refractivity contribution < 1.29 is 13.6 Å².